The molecule has 10 heterocycles. The standard InChI is InChI=1S/C21H24N4O3S.C19H18N4O2S.C17H26BNO4.C10H10ClN3OS.Pd/c1-21(2,3)28-20(26)22-15-6-4-5-14(13-15)18-23-16-7-12-29-17(16)19(24-18)25-8-10-27-11-9-25;1-2-16(24)20-14-5-3-4-13(12-14)18-21-15-6-11-26-17(15)19(22-18)23-7-9-25-10-8-23;1-15(2,3)21-14(20)19-13-10-8-9-12(11-13)18-22-16(4,5)17(6,7)23-18;11-10-12-7-1-6-16-8(7)9(13-10)14-2-4-15-5-3-14;/h4-7,12-13H,8-11H2,1-3H3,(H,22,26);2-6,11-12H,1,7-10H2,(H,20,24);8-11H,1-7H3,(H,19,20);1,6H,2-5H2;. The fourth-order valence-corrected chi connectivity index (χ4v) is 12.7. The van der Waals surface area contributed by atoms with Gasteiger partial charge in [-0.25, -0.2) is 34.5 Å². The summed E-state index contributed by atoms with van der Waals surface area (Å²) in [6.45, 7) is 31.8. The molecule has 0 spiro atoms. The number of thiophene rings is 3. The zero-order valence-electron chi connectivity index (χ0n) is 54.8. The normalized spacial score (nSPS) is 16.0. The van der Waals surface area contributed by atoms with Gasteiger partial charge >= 0.3 is 19.3 Å². The molecular formula is C67H78BClN12O10PdS3. The summed E-state index contributed by atoms with van der Waals surface area (Å²) in [6.07, 6.45) is 0.276. The predicted octanol–water partition coefficient (Wildman–Crippen LogP) is 13.4. The van der Waals surface area contributed by atoms with Gasteiger partial charge in [0, 0.05) is 87.9 Å². The molecule has 95 heavy (non-hydrogen) atoms. The van der Waals surface area contributed by atoms with Gasteiger partial charge in [-0.05, 0) is 163 Å². The van der Waals surface area contributed by atoms with E-state index in [1.54, 1.807) is 40.1 Å². The molecule has 0 radical (unpaired) electrons. The van der Waals surface area contributed by atoms with Crippen LogP contribution in [0, 0.1) is 0 Å². The van der Waals surface area contributed by atoms with E-state index in [1.807, 2.05) is 170 Å². The number of halogens is 1. The summed E-state index contributed by atoms with van der Waals surface area (Å²) < 4.78 is 42.2. The zero-order chi connectivity index (χ0) is 66.8. The Morgan fingerprint density at radius 3 is 1.31 bits per heavy atom. The molecule has 3 aromatic carbocycles. The first-order valence-electron chi connectivity index (χ1n) is 30.9. The van der Waals surface area contributed by atoms with Crippen LogP contribution in [0.2, 0.25) is 5.28 Å². The van der Waals surface area contributed by atoms with Crippen molar-refractivity contribution in [1.29, 1.82) is 0 Å². The third-order valence-electron chi connectivity index (χ3n) is 15.2. The summed E-state index contributed by atoms with van der Waals surface area (Å²) in [5.74, 6) is 3.86. The summed E-state index contributed by atoms with van der Waals surface area (Å²) in [6, 6.07) is 28.4. The third kappa shape index (κ3) is 19.3. The molecule has 0 unspecified atom stereocenters. The van der Waals surface area contributed by atoms with Crippen LogP contribution in [-0.2, 0) is 58.2 Å². The molecular weight excluding hydrogens is 1380 g/mol. The summed E-state index contributed by atoms with van der Waals surface area (Å²) in [5, 5.41) is 14.7. The van der Waals surface area contributed by atoms with Crippen molar-refractivity contribution in [2.24, 2.45) is 0 Å². The van der Waals surface area contributed by atoms with Gasteiger partial charge in [0.15, 0.2) is 29.1 Å². The van der Waals surface area contributed by atoms with Crippen molar-refractivity contribution in [2.75, 3.05) is 110 Å². The van der Waals surface area contributed by atoms with Gasteiger partial charge in [0.25, 0.3) is 0 Å². The van der Waals surface area contributed by atoms with Gasteiger partial charge in [-0.1, -0.05) is 43.0 Å². The number of nitrogens with one attached hydrogen (secondary N) is 3. The molecule has 6 aromatic heterocycles. The number of amides is 3. The molecule has 0 atom stereocenters. The monoisotopic (exact) mass is 1460 g/mol. The average molecular weight is 1460 g/mol. The van der Waals surface area contributed by atoms with E-state index in [2.05, 4.69) is 47.2 Å². The molecule has 0 aliphatic carbocycles. The summed E-state index contributed by atoms with van der Waals surface area (Å²) in [4.78, 5) is 69.9. The zero-order valence-corrected chi connectivity index (χ0v) is 59.5. The van der Waals surface area contributed by atoms with E-state index in [9.17, 15) is 14.4 Å². The first-order valence-corrected chi connectivity index (χ1v) is 33.9. The largest absolute Gasteiger partial charge is 0.494 e. The number of benzene rings is 3. The number of fused-ring (bicyclic) bond motifs is 3. The minimum absolute atomic E-state index is 0. The molecule has 4 saturated heterocycles. The number of aromatic nitrogens is 6. The quantitative estimate of drug-likeness (QED) is 0.0655. The number of rotatable bonds is 10. The number of ether oxygens (including phenoxy) is 5. The number of carbonyl (C=O) groups excluding carboxylic acids is 3. The number of morpholine rings is 3. The number of hydrogen-bond acceptors (Lipinski definition) is 22. The molecule has 28 heteroatoms. The average Bonchev–Trinajstić information content (AvgIpc) is 1.70. The second kappa shape index (κ2) is 31.7. The van der Waals surface area contributed by atoms with Crippen LogP contribution in [0.4, 0.5) is 44.1 Å². The van der Waals surface area contributed by atoms with E-state index in [-0.39, 0.29) is 26.3 Å². The Morgan fingerprint density at radius 2 is 0.905 bits per heavy atom. The van der Waals surface area contributed by atoms with Crippen LogP contribution in [0.25, 0.3) is 53.4 Å². The van der Waals surface area contributed by atoms with Crippen molar-refractivity contribution in [3.05, 3.63) is 125 Å². The van der Waals surface area contributed by atoms with Crippen molar-refractivity contribution >= 4 is 141 Å². The summed E-state index contributed by atoms with van der Waals surface area (Å²) in [5.41, 5.74) is 5.42. The number of carbonyl (C=O) groups is 3. The van der Waals surface area contributed by atoms with E-state index in [0.29, 0.717) is 60.4 Å². The summed E-state index contributed by atoms with van der Waals surface area (Å²) >= 11 is 10.9. The molecule has 9 aromatic rings. The topological polar surface area (TPSA) is 239 Å². The second-order valence-corrected chi connectivity index (χ2v) is 28.2. The molecule has 4 fully saturated rings. The van der Waals surface area contributed by atoms with Crippen LogP contribution in [0.1, 0.15) is 69.2 Å². The van der Waals surface area contributed by atoms with Crippen molar-refractivity contribution < 1.29 is 67.8 Å². The molecule has 13 rings (SSSR count). The minimum atomic E-state index is -0.554. The van der Waals surface area contributed by atoms with Gasteiger partial charge in [0.1, 0.15) is 11.2 Å². The molecule has 4 aliphatic heterocycles. The fourth-order valence-electron chi connectivity index (χ4n) is 9.99. The van der Waals surface area contributed by atoms with E-state index in [1.165, 1.54) is 6.08 Å². The Kier molecular flexibility index (Phi) is 24.1. The van der Waals surface area contributed by atoms with E-state index in [4.69, 9.17) is 64.5 Å². The van der Waals surface area contributed by atoms with Gasteiger partial charge < -0.3 is 53.0 Å². The van der Waals surface area contributed by atoms with Crippen molar-refractivity contribution in [3.63, 3.8) is 0 Å². The molecule has 0 saturated carbocycles. The maximum Gasteiger partial charge on any atom is 0.494 e. The van der Waals surface area contributed by atoms with Gasteiger partial charge in [-0.3, -0.25) is 15.4 Å². The first kappa shape index (κ1) is 72.0. The van der Waals surface area contributed by atoms with Crippen molar-refractivity contribution in [1.82, 2.24) is 29.9 Å². The fraction of sp³-hybridized carbons (Fsp3) is 0.388. The SMILES string of the molecule is C=CC(=O)Nc1cccc(-c2nc(N3CCOCC3)c3sccc3n2)c1.CC(C)(C)OC(=O)Nc1cccc(-c2nc(N3CCOCC3)c3sccc3n2)c1.CC(C)(C)OC(=O)Nc1cccc(B2OC(C)(C)C(C)(C)O2)c1.Clc1nc(N2CCOCC2)c2sccc2n1.[Pd]. The maximum absolute atomic E-state index is 12.1. The second-order valence-electron chi connectivity index (χ2n) is 25.1. The molecule has 504 valence electrons. The van der Waals surface area contributed by atoms with E-state index in [0.717, 1.165) is 117 Å². The van der Waals surface area contributed by atoms with Gasteiger partial charge in [-0.2, -0.15) is 4.98 Å². The van der Waals surface area contributed by atoms with Crippen LogP contribution in [0.3, 0.4) is 0 Å². The summed E-state index contributed by atoms with van der Waals surface area (Å²) in [7, 11) is -0.458. The van der Waals surface area contributed by atoms with Crippen LogP contribution in [0.5, 0.6) is 0 Å². The molecule has 22 nitrogen and oxygen atoms in total. The number of anilines is 6. The smallest absolute Gasteiger partial charge is 0.444 e. The van der Waals surface area contributed by atoms with Crippen LogP contribution >= 0.6 is 45.6 Å². The molecule has 3 N–H and O–H groups in total. The Labute approximate surface area is 584 Å². The van der Waals surface area contributed by atoms with Gasteiger partial charge in [-0.15, -0.1) is 34.0 Å². The Bertz CT molecular complexity index is 4110. The Morgan fingerprint density at radius 1 is 0.537 bits per heavy atom. The van der Waals surface area contributed by atoms with Crippen LogP contribution in [-0.4, -0.2) is 156 Å². The van der Waals surface area contributed by atoms with Crippen molar-refractivity contribution in [2.45, 2.75) is 91.6 Å². The Hall–Kier alpha value is -7.25. The maximum atomic E-state index is 12.1. The van der Waals surface area contributed by atoms with E-state index >= 15 is 0 Å². The van der Waals surface area contributed by atoms with Crippen LogP contribution in [0.15, 0.2) is 120 Å². The third-order valence-corrected chi connectivity index (χ3v) is 18.0. The van der Waals surface area contributed by atoms with Gasteiger partial charge in [0.2, 0.25) is 11.2 Å². The van der Waals surface area contributed by atoms with Crippen LogP contribution < -0.4 is 36.1 Å². The minimum Gasteiger partial charge on any atom is -0.444 e. The van der Waals surface area contributed by atoms with Crippen molar-refractivity contribution in [3.8, 4) is 22.8 Å². The number of nitrogens with zero attached hydrogens (tertiary/aromatic N) is 9. The molecule has 3 amide bonds. The van der Waals surface area contributed by atoms with E-state index < -0.39 is 41.7 Å². The molecule has 0 bridgehead atoms. The van der Waals surface area contributed by atoms with Gasteiger partial charge in [0.05, 0.1) is 81.5 Å². The first-order chi connectivity index (χ1) is 44.9. The number of hydrogen-bond donors (Lipinski definition) is 3. The predicted molar refractivity (Wildman–Crippen MR) is 378 cm³/mol. The Balaban J connectivity index is 0.000000151. The molecule has 4 aliphatic rings.